The van der Waals surface area contributed by atoms with Crippen molar-refractivity contribution in [2.75, 3.05) is 0 Å². The van der Waals surface area contributed by atoms with Crippen LogP contribution in [0.2, 0.25) is 0 Å². The second kappa shape index (κ2) is 7.10. The lowest BCUT2D eigenvalue weighted by atomic mass is 10.1. The van der Waals surface area contributed by atoms with Gasteiger partial charge in [-0.2, -0.15) is 0 Å². The van der Waals surface area contributed by atoms with Crippen molar-refractivity contribution < 1.29 is 4.79 Å². The molecule has 94 valence electrons. The van der Waals surface area contributed by atoms with E-state index in [1.807, 2.05) is 6.07 Å². The van der Waals surface area contributed by atoms with Crippen molar-refractivity contribution in [2.45, 2.75) is 46.1 Å². The van der Waals surface area contributed by atoms with E-state index >= 15 is 0 Å². The van der Waals surface area contributed by atoms with Crippen LogP contribution < -0.4 is 5.32 Å². The summed E-state index contributed by atoms with van der Waals surface area (Å²) >= 11 is 0. The van der Waals surface area contributed by atoms with E-state index in [1.165, 1.54) is 5.56 Å². The van der Waals surface area contributed by atoms with Crippen LogP contribution >= 0.6 is 0 Å². The normalized spacial score (nSPS) is 12.5. The van der Waals surface area contributed by atoms with Gasteiger partial charge in [0.25, 0.3) is 0 Å². The number of carbonyl (C=O) groups excluding carboxylic acids is 1. The Labute approximate surface area is 104 Å². The molecule has 0 saturated carbocycles. The lowest BCUT2D eigenvalue weighted by Crippen LogP contribution is -2.33. The summed E-state index contributed by atoms with van der Waals surface area (Å²) in [6, 6.07) is 10.6. The summed E-state index contributed by atoms with van der Waals surface area (Å²) in [5.74, 6) is 0.594. The van der Waals surface area contributed by atoms with Crippen LogP contribution in [-0.4, -0.2) is 11.9 Å². The second-order valence-electron chi connectivity index (χ2n) is 5.09. The molecule has 1 rings (SSSR count). The highest BCUT2D eigenvalue weighted by Crippen LogP contribution is 2.05. The minimum atomic E-state index is 0.167. The van der Waals surface area contributed by atoms with Gasteiger partial charge in [-0.05, 0) is 31.2 Å². The van der Waals surface area contributed by atoms with Crippen LogP contribution in [0.4, 0.5) is 0 Å². The third-order valence-electron chi connectivity index (χ3n) is 2.71. The first kappa shape index (κ1) is 13.8. The van der Waals surface area contributed by atoms with Crippen molar-refractivity contribution in [1.82, 2.24) is 5.32 Å². The number of hydrogen-bond donors (Lipinski definition) is 1. The standard InChI is InChI=1S/C15H23NO/c1-12(2)11-15(17)16-13(3)9-10-14-7-5-4-6-8-14/h4-8,12-13H,9-11H2,1-3H3,(H,16,17)/t13-/m1/s1. The first-order chi connectivity index (χ1) is 8.08. The topological polar surface area (TPSA) is 29.1 Å². The molecule has 1 N–H and O–H groups in total. The average Bonchev–Trinajstić information content (AvgIpc) is 2.26. The van der Waals surface area contributed by atoms with Crippen LogP contribution in [0.15, 0.2) is 30.3 Å². The predicted molar refractivity (Wildman–Crippen MR) is 71.8 cm³/mol. The first-order valence-electron chi connectivity index (χ1n) is 6.41. The SMILES string of the molecule is CC(C)CC(=O)N[C@H](C)CCc1ccccc1. The van der Waals surface area contributed by atoms with Gasteiger partial charge in [0.05, 0.1) is 0 Å². The molecule has 0 saturated heterocycles. The third-order valence-corrected chi connectivity index (χ3v) is 2.71. The molecule has 0 aromatic heterocycles. The lowest BCUT2D eigenvalue weighted by Gasteiger charge is -2.14. The van der Waals surface area contributed by atoms with E-state index in [2.05, 4.69) is 50.4 Å². The van der Waals surface area contributed by atoms with Gasteiger partial charge in [-0.1, -0.05) is 44.2 Å². The number of benzene rings is 1. The number of nitrogens with one attached hydrogen (secondary N) is 1. The molecule has 2 nitrogen and oxygen atoms in total. The van der Waals surface area contributed by atoms with E-state index in [4.69, 9.17) is 0 Å². The van der Waals surface area contributed by atoms with Crippen LogP contribution in [0.5, 0.6) is 0 Å². The van der Waals surface area contributed by atoms with E-state index < -0.39 is 0 Å². The average molecular weight is 233 g/mol. The fraction of sp³-hybridized carbons (Fsp3) is 0.533. The maximum atomic E-state index is 11.6. The Morgan fingerprint density at radius 1 is 1.18 bits per heavy atom. The van der Waals surface area contributed by atoms with Gasteiger partial charge in [0.1, 0.15) is 0 Å². The summed E-state index contributed by atoms with van der Waals surface area (Å²) in [6.07, 6.45) is 2.63. The fourth-order valence-corrected chi connectivity index (χ4v) is 1.80. The van der Waals surface area contributed by atoms with Gasteiger partial charge in [0.15, 0.2) is 0 Å². The predicted octanol–water partition coefficient (Wildman–Crippen LogP) is 3.17. The van der Waals surface area contributed by atoms with Gasteiger partial charge >= 0.3 is 0 Å². The van der Waals surface area contributed by atoms with Gasteiger partial charge in [0, 0.05) is 12.5 Å². The summed E-state index contributed by atoms with van der Waals surface area (Å²) < 4.78 is 0. The van der Waals surface area contributed by atoms with Crippen LogP contribution in [-0.2, 0) is 11.2 Å². The smallest absolute Gasteiger partial charge is 0.220 e. The molecule has 0 radical (unpaired) electrons. The molecule has 0 aliphatic carbocycles. The number of rotatable bonds is 6. The molecule has 1 amide bonds. The van der Waals surface area contributed by atoms with Crippen molar-refractivity contribution >= 4 is 5.91 Å². The molecule has 1 atom stereocenters. The zero-order chi connectivity index (χ0) is 12.7. The van der Waals surface area contributed by atoms with Gasteiger partial charge in [-0.25, -0.2) is 0 Å². The molecule has 1 aromatic carbocycles. The Hall–Kier alpha value is -1.31. The molecular weight excluding hydrogens is 210 g/mol. The van der Waals surface area contributed by atoms with E-state index in [-0.39, 0.29) is 11.9 Å². The zero-order valence-electron chi connectivity index (χ0n) is 11.1. The minimum Gasteiger partial charge on any atom is -0.354 e. The Morgan fingerprint density at radius 2 is 1.82 bits per heavy atom. The number of aryl methyl sites for hydroxylation is 1. The van der Waals surface area contributed by atoms with Crippen molar-refractivity contribution in [3.63, 3.8) is 0 Å². The fourth-order valence-electron chi connectivity index (χ4n) is 1.80. The van der Waals surface area contributed by atoms with E-state index in [1.54, 1.807) is 0 Å². The molecule has 2 heteroatoms. The van der Waals surface area contributed by atoms with Gasteiger partial charge in [-0.3, -0.25) is 4.79 Å². The third kappa shape index (κ3) is 6.10. The van der Waals surface area contributed by atoms with E-state index in [9.17, 15) is 4.79 Å². The Balaban J connectivity index is 2.26. The second-order valence-corrected chi connectivity index (χ2v) is 5.09. The molecule has 0 spiro atoms. The molecular formula is C15H23NO. The number of hydrogen-bond acceptors (Lipinski definition) is 1. The molecule has 0 aliphatic rings. The van der Waals surface area contributed by atoms with Crippen molar-refractivity contribution in [3.05, 3.63) is 35.9 Å². The molecule has 0 unspecified atom stereocenters. The Kier molecular flexibility index (Phi) is 5.75. The highest BCUT2D eigenvalue weighted by Gasteiger charge is 2.08. The zero-order valence-corrected chi connectivity index (χ0v) is 11.1. The summed E-state index contributed by atoms with van der Waals surface area (Å²) in [6.45, 7) is 6.20. The number of carbonyl (C=O) groups is 1. The van der Waals surface area contributed by atoms with E-state index in [0.717, 1.165) is 12.8 Å². The van der Waals surface area contributed by atoms with Crippen molar-refractivity contribution in [2.24, 2.45) is 5.92 Å². The molecule has 0 bridgehead atoms. The van der Waals surface area contributed by atoms with Crippen LogP contribution in [0.25, 0.3) is 0 Å². The maximum absolute atomic E-state index is 11.6. The maximum Gasteiger partial charge on any atom is 0.220 e. The molecule has 17 heavy (non-hydrogen) atoms. The van der Waals surface area contributed by atoms with Gasteiger partial charge in [-0.15, -0.1) is 0 Å². The lowest BCUT2D eigenvalue weighted by molar-refractivity contribution is -0.122. The quantitative estimate of drug-likeness (QED) is 0.803. The highest BCUT2D eigenvalue weighted by atomic mass is 16.1. The van der Waals surface area contributed by atoms with Gasteiger partial charge in [0.2, 0.25) is 5.91 Å². The minimum absolute atomic E-state index is 0.167. The van der Waals surface area contributed by atoms with Crippen LogP contribution in [0.1, 0.15) is 39.2 Å². The highest BCUT2D eigenvalue weighted by molar-refractivity contribution is 5.76. The molecule has 0 aliphatic heterocycles. The van der Waals surface area contributed by atoms with Crippen molar-refractivity contribution in [3.8, 4) is 0 Å². The summed E-state index contributed by atoms with van der Waals surface area (Å²) in [7, 11) is 0. The molecule has 0 fully saturated rings. The summed E-state index contributed by atoms with van der Waals surface area (Å²) in [5, 5.41) is 3.04. The van der Waals surface area contributed by atoms with Crippen molar-refractivity contribution in [1.29, 1.82) is 0 Å². The monoisotopic (exact) mass is 233 g/mol. The first-order valence-corrected chi connectivity index (χ1v) is 6.41. The molecule has 0 heterocycles. The summed E-state index contributed by atoms with van der Waals surface area (Å²) in [4.78, 5) is 11.6. The largest absolute Gasteiger partial charge is 0.354 e. The number of amides is 1. The van der Waals surface area contributed by atoms with E-state index in [0.29, 0.717) is 12.3 Å². The summed E-state index contributed by atoms with van der Waals surface area (Å²) in [5.41, 5.74) is 1.33. The van der Waals surface area contributed by atoms with Crippen LogP contribution in [0, 0.1) is 5.92 Å². The Bertz CT molecular complexity index is 332. The van der Waals surface area contributed by atoms with Gasteiger partial charge < -0.3 is 5.32 Å². The molecule has 1 aromatic rings. The Morgan fingerprint density at radius 3 is 2.41 bits per heavy atom. The van der Waals surface area contributed by atoms with Crippen LogP contribution in [0.3, 0.4) is 0 Å².